The van der Waals surface area contributed by atoms with Crippen molar-refractivity contribution in [3.05, 3.63) is 48.0 Å². The van der Waals surface area contributed by atoms with Gasteiger partial charge in [0.05, 0.1) is 0 Å². The van der Waals surface area contributed by atoms with Gasteiger partial charge in [-0.2, -0.15) is 5.10 Å². The standard InChI is InChI=1S/C19H22ClN5OSi/c1-27(2,3)11-10-26-13-25-19-15(5-6-16(20)22-19)18(23-25)14-4-7-17-21-8-9-24(17)12-14/h4-9,12H,10-11,13H2,1-3H3. The summed E-state index contributed by atoms with van der Waals surface area (Å²) in [6.07, 6.45) is 5.73. The van der Waals surface area contributed by atoms with Crippen LogP contribution >= 0.6 is 11.6 Å². The number of rotatable bonds is 6. The van der Waals surface area contributed by atoms with Crippen molar-refractivity contribution < 1.29 is 4.74 Å². The van der Waals surface area contributed by atoms with Gasteiger partial charge in [-0.3, -0.25) is 0 Å². The predicted octanol–water partition coefficient (Wildman–Crippen LogP) is 4.71. The van der Waals surface area contributed by atoms with Crippen molar-refractivity contribution in [3.63, 3.8) is 0 Å². The van der Waals surface area contributed by atoms with E-state index in [1.807, 2.05) is 35.0 Å². The molecule has 0 aliphatic carbocycles. The highest BCUT2D eigenvalue weighted by Crippen LogP contribution is 2.28. The Labute approximate surface area is 163 Å². The number of hydrogen-bond donors (Lipinski definition) is 0. The van der Waals surface area contributed by atoms with Crippen molar-refractivity contribution in [2.24, 2.45) is 0 Å². The second-order valence-electron chi connectivity index (χ2n) is 7.81. The maximum absolute atomic E-state index is 6.13. The molecule has 0 fully saturated rings. The molecule has 0 saturated carbocycles. The van der Waals surface area contributed by atoms with Gasteiger partial charge >= 0.3 is 0 Å². The van der Waals surface area contributed by atoms with Gasteiger partial charge in [-0.25, -0.2) is 14.6 Å². The van der Waals surface area contributed by atoms with E-state index < -0.39 is 8.07 Å². The lowest BCUT2D eigenvalue weighted by Crippen LogP contribution is -2.22. The molecule has 4 aromatic heterocycles. The van der Waals surface area contributed by atoms with E-state index >= 15 is 0 Å². The highest BCUT2D eigenvalue weighted by Gasteiger charge is 2.16. The van der Waals surface area contributed by atoms with Crippen molar-refractivity contribution >= 4 is 36.4 Å². The van der Waals surface area contributed by atoms with Crippen molar-refractivity contribution in [1.29, 1.82) is 0 Å². The molecule has 0 unspecified atom stereocenters. The van der Waals surface area contributed by atoms with Crippen LogP contribution in [0.15, 0.2) is 42.9 Å². The summed E-state index contributed by atoms with van der Waals surface area (Å²) in [6.45, 7) is 8.11. The van der Waals surface area contributed by atoms with E-state index in [1.165, 1.54) is 0 Å². The smallest absolute Gasteiger partial charge is 0.162 e. The SMILES string of the molecule is C[Si](C)(C)CCOCn1nc(-c2ccc3nccn3c2)c2ccc(Cl)nc21. The molecule has 8 heteroatoms. The summed E-state index contributed by atoms with van der Waals surface area (Å²) in [5.74, 6) is 0. The molecule has 0 amide bonds. The molecule has 0 radical (unpaired) electrons. The van der Waals surface area contributed by atoms with Gasteiger partial charge < -0.3 is 9.14 Å². The fourth-order valence-electron chi connectivity index (χ4n) is 2.92. The number of hydrogen-bond acceptors (Lipinski definition) is 4. The molecule has 0 aliphatic heterocycles. The molecule has 0 N–H and O–H groups in total. The number of aromatic nitrogens is 5. The van der Waals surface area contributed by atoms with E-state index in [4.69, 9.17) is 21.4 Å². The summed E-state index contributed by atoms with van der Waals surface area (Å²) in [5.41, 5.74) is 3.49. The fraction of sp³-hybridized carbons (Fsp3) is 0.316. The van der Waals surface area contributed by atoms with Crippen molar-refractivity contribution in [2.75, 3.05) is 6.61 Å². The average Bonchev–Trinajstić information content (AvgIpc) is 3.21. The van der Waals surface area contributed by atoms with E-state index in [2.05, 4.69) is 29.6 Å². The summed E-state index contributed by atoms with van der Waals surface area (Å²) in [5, 5.41) is 6.17. The number of ether oxygens (including phenoxy) is 1. The number of imidazole rings is 1. The zero-order valence-electron chi connectivity index (χ0n) is 15.7. The summed E-state index contributed by atoms with van der Waals surface area (Å²) in [6, 6.07) is 8.87. The first-order valence-corrected chi connectivity index (χ1v) is 13.0. The Morgan fingerprint density at radius 3 is 2.81 bits per heavy atom. The van der Waals surface area contributed by atoms with Gasteiger partial charge in [0, 0.05) is 44.2 Å². The van der Waals surface area contributed by atoms with Crippen LogP contribution in [0.25, 0.3) is 27.9 Å². The van der Waals surface area contributed by atoms with Crippen LogP contribution in [0.5, 0.6) is 0 Å². The van der Waals surface area contributed by atoms with Gasteiger partial charge in [-0.15, -0.1) is 0 Å². The van der Waals surface area contributed by atoms with E-state index in [-0.39, 0.29) is 0 Å². The first-order chi connectivity index (χ1) is 12.9. The summed E-state index contributed by atoms with van der Waals surface area (Å²) >= 11 is 6.13. The van der Waals surface area contributed by atoms with Gasteiger partial charge in [0.2, 0.25) is 0 Å². The minimum absolute atomic E-state index is 0.363. The minimum Gasteiger partial charge on any atom is -0.359 e. The molecule has 0 aliphatic rings. The lowest BCUT2D eigenvalue weighted by molar-refractivity contribution is 0.0814. The molecule has 4 rings (SSSR count). The predicted molar refractivity (Wildman–Crippen MR) is 111 cm³/mol. The highest BCUT2D eigenvalue weighted by atomic mass is 35.5. The maximum Gasteiger partial charge on any atom is 0.162 e. The molecule has 4 aromatic rings. The lowest BCUT2D eigenvalue weighted by atomic mass is 10.1. The van der Waals surface area contributed by atoms with Crippen LogP contribution in [0.4, 0.5) is 0 Å². The maximum atomic E-state index is 6.13. The summed E-state index contributed by atoms with van der Waals surface area (Å²) in [4.78, 5) is 8.77. The zero-order valence-corrected chi connectivity index (χ0v) is 17.4. The molecule has 0 atom stereocenters. The lowest BCUT2D eigenvalue weighted by Gasteiger charge is -2.15. The van der Waals surface area contributed by atoms with Crippen LogP contribution in [0.2, 0.25) is 30.8 Å². The highest BCUT2D eigenvalue weighted by molar-refractivity contribution is 6.76. The third-order valence-electron chi connectivity index (χ3n) is 4.43. The Morgan fingerprint density at radius 1 is 1.15 bits per heavy atom. The Balaban J connectivity index is 1.68. The first-order valence-electron chi connectivity index (χ1n) is 8.95. The molecule has 4 heterocycles. The molecule has 0 bridgehead atoms. The second kappa shape index (κ2) is 7.07. The third-order valence-corrected chi connectivity index (χ3v) is 6.35. The Morgan fingerprint density at radius 2 is 2.00 bits per heavy atom. The van der Waals surface area contributed by atoms with Crippen molar-refractivity contribution in [3.8, 4) is 11.3 Å². The molecular formula is C19H22ClN5OSi. The van der Waals surface area contributed by atoms with Crippen LogP contribution in [0.3, 0.4) is 0 Å². The molecule has 0 saturated heterocycles. The van der Waals surface area contributed by atoms with Gasteiger partial charge in [-0.05, 0) is 30.3 Å². The van der Waals surface area contributed by atoms with Gasteiger partial charge in [0.15, 0.2) is 5.65 Å². The molecule has 140 valence electrons. The third kappa shape index (κ3) is 3.90. The monoisotopic (exact) mass is 399 g/mol. The van der Waals surface area contributed by atoms with Crippen LogP contribution in [0, 0.1) is 0 Å². The number of nitrogens with zero attached hydrogens (tertiary/aromatic N) is 5. The van der Waals surface area contributed by atoms with Gasteiger partial charge in [0.25, 0.3) is 0 Å². The Bertz CT molecular complexity index is 1100. The van der Waals surface area contributed by atoms with E-state index in [1.54, 1.807) is 16.9 Å². The number of pyridine rings is 2. The second-order valence-corrected chi connectivity index (χ2v) is 13.8. The molecule has 0 aromatic carbocycles. The topological polar surface area (TPSA) is 57.2 Å². The largest absolute Gasteiger partial charge is 0.359 e. The number of halogens is 1. The van der Waals surface area contributed by atoms with Crippen LogP contribution in [-0.2, 0) is 11.5 Å². The molecule has 27 heavy (non-hydrogen) atoms. The first kappa shape index (κ1) is 18.2. The molecular weight excluding hydrogens is 378 g/mol. The van der Waals surface area contributed by atoms with Crippen molar-refractivity contribution in [2.45, 2.75) is 32.4 Å². The molecule has 0 spiro atoms. The Kier molecular flexibility index (Phi) is 4.75. The van der Waals surface area contributed by atoms with Gasteiger partial charge in [-0.1, -0.05) is 31.2 Å². The minimum atomic E-state index is -1.12. The normalized spacial score (nSPS) is 12.3. The van der Waals surface area contributed by atoms with Crippen LogP contribution < -0.4 is 0 Å². The van der Waals surface area contributed by atoms with Crippen LogP contribution in [-0.4, -0.2) is 38.8 Å². The summed E-state index contributed by atoms with van der Waals surface area (Å²) in [7, 11) is -1.12. The van der Waals surface area contributed by atoms with E-state index in [0.29, 0.717) is 11.9 Å². The summed E-state index contributed by atoms with van der Waals surface area (Å²) < 4.78 is 9.66. The molecule has 6 nitrogen and oxygen atoms in total. The van der Waals surface area contributed by atoms with Gasteiger partial charge in [0.1, 0.15) is 23.2 Å². The zero-order chi connectivity index (χ0) is 19.0. The van der Waals surface area contributed by atoms with Crippen molar-refractivity contribution in [1.82, 2.24) is 24.1 Å². The number of fused-ring (bicyclic) bond motifs is 2. The van der Waals surface area contributed by atoms with E-state index in [0.717, 1.165) is 40.6 Å². The Hall–Kier alpha value is -2.22. The average molecular weight is 400 g/mol. The quantitative estimate of drug-likeness (QED) is 0.267. The fourth-order valence-corrected chi connectivity index (χ4v) is 3.82. The van der Waals surface area contributed by atoms with E-state index in [9.17, 15) is 0 Å². The van der Waals surface area contributed by atoms with Crippen LogP contribution in [0.1, 0.15) is 0 Å².